The van der Waals surface area contributed by atoms with Gasteiger partial charge in [0.1, 0.15) is 0 Å². The molecule has 0 amide bonds. The van der Waals surface area contributed by atoms with Crippen molar-refractivity contribution in [2.24, 2.45) is 0 Å². The molecule has 118 valence electrons. The van der Waals surface area contributed by atoms with Crippen molar-refractivity contribution >= 4 is 14.0 Å². The fourth-order valence-corrected chi connectivity index (χ4v) is 1.82. The van der Waals surface area contributed by atoms with Gasteiger partial charge in [-0.05, 0) is 0 Å². The van der Waals surface area contributed by atoms with Gasteiger partial charge in [0.15, 0.2) is 0 Å². The van der Waals surface area contributed by atoms with Crippen LogP contribution in [0.15, 0.2) is 30.3 Å². The summed E-state index contributed by atoms with van der Waals surface area (Å²) in [7, 11) is -3.06. The van der Waals surface area contributed by atoms with E-state index in [0.29, 0.717) is 13.2 Å². The molecule has 1 rings (SSSR count). The Morgan fingerprint density at radius 3 is 2.05 bits per heavy atom. The molecular weight excluding hydrogens is 299 g/mol. The summed E-state index contributed by atoms with van der Waals surface area (Å²) in [4.78, 5) is 21.8. The van der Waals surface area contributed by atoms with Crippen molar-refractivity contribution in [3.8, 4) is 0 Å². The van der Waals surface area contributed by atoms with E-state index in [1.807, 2.05) is 0 Å². The minimum atomic E-state index is -3.06. The van der Waals surface area contributed by atoms with E-state index in [9.17, 15) is 14.3 Å². The van der Waals surface area contributed by atoms with Gasteiger partial charge in [0.05, 0.1) is 26.4 Å². The highest BCUT2D eigenvalue weighted by Gasteiger charge is 2.48. The van der Waals surface area contributed by atoms with Crippen molar-refractivity contribution in [2.75, 3.05) is 26.4 Å². The van der Waals surface area contributed by atoms with E-state index in [1.165, 1.54) is 19.1 Å². The molecule has 0 saturated carbocycles. The van der Waals surface area contributed by atoms with Gasteiger partial charge in [-0.1, -0.05) is 34.9 Å². The Morgan fingerprint density at radius 1 is 1.24 bits per heavy atom. The molecule has 2 unspecified atom stereocenters. The van der Waals surface area contributed by atoms with E-state index in [1.54, 1.807) is 18.2 Å². The number of carboxylic acid groups (broad SMARTS) is 1. The van der Waals surface area contributed by atoms with Gasteiger partial charge in [-0.15, -0.1) is 0 Å². The topological polar surface area (TPSA) is 127 Å². The van der Waals surface area contributed by atoms with Gasteiger partial charge in [-0.25, -0.2) is 4.79 Å². The maximum absolute atomic E-state index is 10.9. The van der Waals surface area contributed by atoms with E-state index >= 15 is 0 Å². The molecule has 0 heterocycles. The van der Waals surface area contributed by atoms with Gasteiger partial charge in [0.2, 0.25) is 0 Å². The molecule has 3 N–H and O–H groups in total. The highest BCUT2D eigenvalue weighted by Crippen LogP contribution is 2.41. The molecule has 0 aromatic heterocycles. The Labute approximate surface area is 123 Å². The number of hydrogen-bond donors (Lipinski definition) is 3. The zero-order valence-electron chi connectivity index (χ0n) is 11.6. The van der Waals surface area contributed by atoms with Crippen LogP contribution in [0.2, 0.25) is 0 Å². The van der Waals surface area contributed by atoms with E-state index in [2.05, 4.69) is 4.74 Å². The van der Waals surface area contributed by atoms with Crippen molar-refractivity contribution in [3.63, 3.8) is 0 Å². The molecule has 21 heavy (non-hydrogen) atoms. The van der Waals surface area contributed by atoms with Crippen molar-refractivity contribution < 1.29 is 34.3 Å². The maximum atomic E-state index is 10.9. The average Bonchev–Trinajstić information content (AvgIpc) is 2.48. The zero-order chi connectivity index (χ0) is 16.3. The number of carbonyl (C=O) groups is 1. The molecular formula is C13H19O7P. The van der Waals surface area contributed by atoms with Gasteiger partial charge in [-0.2, -0.15) is 0 Å². The van der Waals surface area contributed by atoms with E-state index in [4.69, 9.17) is 15.3 Å². The Hall–Kier alpha value is -1.37. The molecule has 0 radical (unpaired) electrons. The summed E-state index contributed by atoms with van der Waals surface area (Å²) in [5.41, 5.74) is 0.267. The standard InChI is InChI=1S/C9H9O4P.C4H10O3/c1-9(8(10)11,14(12)13)7-5-3-2-4-6-7;5-1-3-7-4-2-6/h2-6H,1H3,(H,10,11);5-6H,1-4H2. The van der Waals surface area contributed by atoms with Crippen LogP contribution in [-0.4, -0.2) is 47.7 Å². The zero-order valence-corrected chi connectivity index (χ0v) is 12.5. The first-order valence-electron chi connectivity index (χ1n) is 6.14. The summed E-state index contributed by atoms with van der Waals surface area (Å²) in [5, 5.41) is 23.2. The van der Waals surface area contributed by atoms with Crippen molar-refractivity contribution in [1.29, 1.82) is 0 Å². The van der Waals surface area contributed by atoms with Crippen LogP contribution in [-0.2, 0) is 19.3 Å². The van der Waals surface area contributed by atoms with Crippen molar-refractivity contribution in [1.82, 2.24) is 0 Å². The Morgan fingerprint density at radius 2 is 1.71 bits per heavy atom. The first kappa shape index (κ1) is 19.6. The first-order chi connectivity index (χ1) is 9.91. The molecule has 0 fully saturated rings. The molecule has 2 atom stereocenters. The number of carboxylic acids is 1. The molecule has 1 aromatic rings. The van der Waals surface area contributed by atoms with Crippen LogP contribution in [0.3, 0.4) is 0 Å². The Bertz CT molecular complexity index is 417. The van der Waals surface area contributed by atoms with Gasteiger partial charge in [0, 0.05) is 12.5 Å². The minimum absolute atomic E-state index is 0.0278. The number of aliphatic hydroxyl groups is 2. The minimum Gasteiger partial charge on any atom is -0.594 e. The second-order valence-corrected chi connectivity index (χ2v) is 5.47. The van der Waals surface area contributed by atoms with Crippen LogP contribution in [0, 0.1) is 0 Å². The molecule has 0 aliphatic carbocycles. The van der Waals surface area contributed by atoms with Crippen LogP contribution in [0.1, 0.15) is 12.5 Å². The Balaban J connectivity index is 0.000000486. The van der Waals surface area contributed by atoms with Crippen LogP contribution < -0.4 is 4.89 Å². The molecule has 1 aromatic carbocycles. The van der Waals surface area contributed by atoms with Crippen LogP contribution >= 0.6 is 8.03 Å². The maximum Gasteiger partial charge on any atom is 0.363 e. The largest absolute Gasteiger partial charge is 0.594 e. The summed E-state index contributed by atoms with van der Waals surface area (Å²) < 4.78 is 15.6. The fraction of sp³-hybridized carbons (Fsp3) is 0.462. The predicted molar refractivity (Wildman–Crippen MR) is 74.0 cm³/mol. The number of hydrogen-bond acceptors (Lipinski definition) is 6. The number of benzene rings is 1. The van der Waals surface area contributed by atoms with Crippen LogP contribution in [0.4, 0.5) is 0 Å². The third-order valence-electron chi connectivity index (χ3n) is 2.59. The average molecular weight is 318 g/mol. The fourth-order valence-electron chi connectivity index (χ4n) is 1.30. The van der Waals surface area contributed by atoms with E-state index in [0.717, 1.165) is 0 Å². The number of aliphatic hydroxyl groups excluding tert-OH is 2. The highest BCUT2D eigenvalue weighted by atomic mass is 31.1. The van der Waals surface area contributed by atoms with E-state index < -0.39 is 19.2 Å². The van der Waals surface area contributed by atoms with Gasteiger partial charge < -0.3 is 24.9 Å². The summed E-state index contributed by atoms with van der Waals surface area (Å²) >= 11 is 0. The van der Waals surface area contributed by atoms with Crippen molar-refractivity contribution in [3.05, 3.63) is 35.9 Å². The lowest BCUT2D eigenvalue weighted by Crippen LogP contribution is -2.31. The predicted octanol–water partition coefficient (Wildman–Crippen LogP) is 0.0767. The smallest absolute Gasteiger partial charge is 0.363 e. The van der Waals surface area contributed by atoms with Gasteiger partial charge in [-0.3, -0.25) is 0 Å². The molecule has 0 spiro atoms. The molecule has 0 bridgehead atoms. The summed E-state index contributed by atoms with van der Waals surface area (Å²) in [5.74, 6) is -1.36. The first-order valence-corrected chi connectivity index (χ1v) is 7.31. The number of aliphatic carboxylic acids is 1. The monoisotopic (exact) mass is 318 g/mol. The third kappa shape index (κ3) is 6.29. The summed E-state index contributed by atoms with van der Waals surface area (Å²) in [6.45, 7) is 1.87. The van der Waals surface area contributed by atoms with Gasteiger partial charge in [0.25, 0.3) is 5.16 Å². The normalized spacial score (nSPS) is 13.6. The summed E-state index contributed by atoms with van der Waals surface area (Å²) in [6, 6.07) is 7.88. The lowest BCUT2D eigenvalue weighted by molar-refractivity contribution is -0.173. The summed E-state index contributed by atoms with van der Waals surface area (Å²) in [6.07, 6.45) is 0. The number of ether oxygens (including phenoxy) is 1. The molecule has 8 heteroatoms. The SMILES string of the molecule is CC(C(=O)O)(c1ccccc1)[P+](=O)[O-].OCCOCCO. The molecule has 7 nitrogen and oxygen atoms in total. The van der Waals surface area contributed by atoms with Crippen LogP contribution in [0.5, 0.6) is 0 Å². The molecule has 0 aliphatic heterocycles. The Kier molecular flexibility index (Phi) is 9.69. The van der Waals surface area contributed by atoms with Gasteiger partial charge >= 0.3 is 14.0 Å². The second-order valence-electron chi connectivity index (χ2n) is 4.06. The second kappa shape index (κ2) is 10.4. The number of rotatable bonds is 7. The van der Waals surface area contributed by atoms with Crippen molar-refractivity contribution in [2.45, 2.75) is 12.1 Å². The highest BCUT2D eigenvalue weighted by molar-refractivity contribution is 7.39. The quantitative estimate of drug-likeness (QED) is 0.480. The van der Waals surface area contributed by atoms with Crippen LogP contribution in [0.25, 0.3) is 0 Å². The van der Waals surface area contributed by atoms with E-state index in [-0.39, 0.29) is 18.8 Å². The lowest BCUT2D eigenvalue weighted by Gasteiger charge is -2.15. The molecule has 0 aliphatic rings. The third-order valence-corrected chi connectivity index (χ3v) is 3.77. The lowest BCUT2D eigenvalue weighted by atomic mass is 10.0. The molecule has 0 saturated heterocycles.